The van der Waals surface area contributed by atoms with E-state index in [1.165, 1.54) is 10.9 Å². The monoisotopic (exact) mass is 420 g/mol. The highest BCUT2D eigenvalue weighted by Crippen LogP contribution is 2.26. The summed E-state index contributed by atoms with van der Waals surface area (Å²) in [5.74, 6) is 0.480. The third-order valence-electron chi connectivity index (χ3n) is 4.09. The van der Waals surface area contributed by atoms with Crippen LogP contribution in [0.1, 0.15) is 37.8 Å². The smallest absolute Gasteiger partial charge is 0.287 e. The number of nitrogens with zero attached hydrogens (tertiary/aromatic N) is 3. The number of nitrogens with one attached hydrogen (secondary N) is 1. The summed E-state index contributed by atoms with van der Waals surface area (Å²) in [4.78, 5) is 13.2. The van der Waals surface area contributed by atoms with Crippen LogP contribution in [0.5, 0.6) is 0 Å². The van der Waals surface area contributed by atoms with E-state index in [-0.39, 0.29) is 17.1 Å². The first kappa shape index (κ1) is 22.3. The van der Waals surface area contributed by atoms with Gasteiger partial charge in [0.25, 0.3) is 5.56 Å². The van der Waals surface area contributed by atoms with E-state index in [9.17, 15) is 9.90 Å². The molecular weight excluding hydrogens is 396 g/mol. The molecule has 0 aliphatic carbocycles. The fourth-order valence-electron chi connectivity index (χ4n) is 2.69. The molecule has 2 aromatic rings. The Morgan fingerprint density at radius 1 is 1.39 bits per heavy atom. The topological polar surface area (TPSA) is 90.9 Å². The van der Waals surface area contributed by atoms with Gasteiger partial charge < -0.3 is 10.4 Å². The maximum atomic E-state index is 12.1. The molecule has 8 heteroatoms. The number of halogens is 1. The van der Waals surface area contributed by atoms with Crippen LogP contribution in [-0.2, 0) is 13.0 Å². The molecule has 1 heterocycles. The van der Waals surface area contributed by atoms with Gasteiger partial charge in [0, 0.05) is 23.7 Å². The van der Waals surface area contributed by atoms with Gasteiger partial charge in [-0.05, 0) is 36.6 Å². The molecule has 2 rings (SSSR count). The van der Waals surface area contributed by atoms with Crippen LogP contribution in [0.25, 0.3) is 0 Å². The van der Waals surface area contributed by atoms with Crippen molar-refractivity contribution in [2.24, 2.45) is 0 Å². The largest absolute Gasteiger partial charge is 0.390 e. The first-order chi connectivity index (χ1) is 13.5. The number of hydrogen-bond donors (Lipinski definition) is 2. The number of anilines is 1. The maximum absolute atomic E-state index is 12.1. The summed E-state index contributed by atoms with van der Waals surface area (Å²) in [5, 5.41) is 26.6. The van der Waals surface area contributed by atoms with Crippen molar-refractivity contribution >= 4 is 29.1 Å². The number of hydrogen-bond acceptors (Lipinski definition) is 6. The van der Waals surface area contributed by atoms with E-state index in [1.807, 2.05) is 19.1 Å². The zero-order chi connectivity index (χ0) is 20.5. The number of nitriles is 1. The fourth-order valence-corrected chi connectivity index (χ4v) is 3.90. The number of rotatable bonds is 10. The molecule has 0 spiro atoms. The van der Waals surface area contributed by atoms with Gasteiger partial charge in [0.05, 0.1) is 29.6 Å². The molecule has 2 N–H and O–H groups in total. The van der Waals surface area contributed by atoms with Crippen molar-refractivity contribution in [1.29, 1.82) is 5.26 Å². The second-order valence-electron chi connectivity index (χ2n) is 6.43. The molecule has 0 aliphatic rings. The minimum absolute atomic E-state index is 0.0839. The normalized spacial score (nSPS) is 11.8. The minimum atomic E-state index is -0.635. The van der Waals surface area contributed by atoms with Crippen LogP contribution in [0, 0.1) is 11.3 Å². The number of thioether (sulfide) groups is 1. The summed E-state index contributed by atoms with van der Waals surface area (Å²) in [5.41, 5.74) is 1.86. The lowest BCUT2D eigenvalue weighted by atomic mass is 10.1. The summed E-state index contributed by atoms with van der Waals surface area (Å²) >= 11 is 7.68. The molecule has 6 nitrogen and oxygen atoms in total. The maximum Gasteiger partial charge on any atom is 0.287 e. The lowest BCUT2D eigenvalue weighted by Crippen LogP contribution is -2.26. The highest BCUT2D eigenvalue weighted by Gasteiger charge is 2.12. The first-order valence-electron chi connectivity index (χ1n) is 9.33. The summed E-state index contributed by atoms with van der Waals surface area (Å²) in [7, 11) is 0. The van der Waals surface area contributed by atoms with Crippen molar-refractivity contribution in [3.8, 4) is 6.07 Å². The standard InChI is InChI=1S/C20H25ClN4O2S/c1-3-5-15-9-14(10-22)6-7-18(15)28-13-16(26)11-23-17-12-24-25(8-4-2)20(27)19(17)21/h6-7,9,12,16,23,26H,3-5,8,11,13H2,1-2H3. The average molecular weight is 421 g/mol. The van der Waals surface area contributed by atoms with E-state index in [0.717, 1.165) is 29.7 Å². The predicted octanol–water partition coefficient (Wildman–Crippen LogP) is 3.70. The number of aryl methyl sites for hydroxylation is 2. The Morgan fingerprint density at radius 2 is 2.18 bits per heavy atom. The minimum Gasteiger partial charge on any atom is -0.390 e. The lowest BCUT2D eigenvalue weighted by molar-refractivity contribution is 0.213. The predicted molar refractivity (Wildman–Crippen MR) is 114 cm³/mol. The Bertz CT molecular complexity index is 895. The van der Waals surface area contributed by atoms with Crippen LogP contribution in [-0.4, -0.2) is 33.3 Å². The molecule has 1 atom stereocenters. The summed E-state index contributed by atoms with van der Waals surface area (Å²) < 4.78 is 1.33. The highest BCUT2D eigenvalue weighted by atomic mass is 35.5. The molecule has 0 amide bonds. The van der Waals surface area contributed by atoms with Crippen molar-refractivity contribution in [1.82, 2.24) is 9.78 Å². The molecule has 1 aromatic heterocycles. The van der Waals surface area contributed by atoms with E-state index in [0.29, 0.717) is 23.5 Å². The van der Waals surface area contributed by atoms with Crippen molar-refractivity contribution in [3.05, 3.63) is 50.9 Å². The van der Waals surface area contributed by atoms with Gasteiger partial charge in [-0.15, -0.1) is 11.8 Å². The Hall–Kier alpha value is -2.01. The molecule has 0 radical (unpaired) electrons. The van der Waals surface area contributed by atoms with Gasteiger partial charge in [0.2, 0.25) is 0 Å². The zero-order valence-corrected chi connectivity index (χ0v) is 17.7. The Balaban J connectivity index is 1.95. The van der Waals surface area contributed by atoms with E-state index in [4.69, 9.17) is 16.9 Å². The molecular formula is C20H25ClN4O2S. The van der Waals surface area contributed by atoms with Gasteiger partial charge >= 0.3 is 0 Å². The van der Waals surface area contributed by atoms with Gasteiger partial charge in [0.15, 0.2) is 0 Å². The van der Waals surface area contributed by atoms with E-state index in [1.54, 1.807) is 17.8 Å². The number of aromatic nitrogens is 2. The summed E-state index contributed by atoms with van der Waals surface area (Å²) in [6, 6.07) is 7.80. The van der Waals surface area contributed by atoms with E-state index in [2.05, 4.69) is 23.4 Å². The van der Waals surface area contributed by atoms with Crippen LogP contribution in [0.3, 0.4) is 0 Å². The number of aliphatic hydroxyl groups excluding tert-OH is 1. The quantitative estimate of drug-likeness (QED) is 0.569. The van der Waals surface area contributed by atoms with Crippen LogP contribution in [0.4, 0.5) is 5.69 Å². The first-order valence-corrected chi connectivity index (χ1v) is 10.7. The van der Waals surface area contributed by atoms with Gasteiger partial charge in [0.1, 0.15) is 5.02 Å². The third-order valence-corrected chi connectivity index (χ3v) is 5.71. The van der Waals surface area contributed by atoms with Gasteiger partial charge in [-0.25, -0.2) is 4.68 Å². The van der Waals surface area contributed by atoms with Crippen LogP contribution in [0.2, 0.25) is 5.02 Å². The summed E-state index contributed by atoms with van der Waals surface area (Å²) in [6.07, 6.45) is 3.55. The number of aliphatic hydroxyl groups is 1. The molecule has 0 fully saturated rings. The zero-order valence-electron chi connectivity index (χ0n) is 16.1. The average Bonchev–Trinajstić information content (AvgIpc) is 2.70. The molecule has 150 valence electrons. The van der Waals surface area contributed by atoms with Crippen LogP contribution in [0.15, 0.2) is 34.1 Å². The van der Waals surface area contributed by atoms with Crippen LogP contribution >= 0.6 is 23.4 Å². The lowest BCUT2D eigenvalue weighted by Gasteiger charge is -2.15. The molecule has 0 saturated heterocycles. The Kier molecular flexibility index (Phi) is 8.84. The molecule has 0 bridgehead atoms. The molecule has 28 heavy (non-hydrogen) atoms. The summed E-state index contributed by atoms with van der Waals surface area (Å²) in [6.45, 7) is 4.83. The van der Waals surface area contributed by atoms with E-state index >= 15 is 0 Å². The Morgan fingerprint density at radius 3 is 2.86 bits per heavy atom. The van der Waals surface area contributed by atoms with E-state index < -0.39 is 6.10 Å². The van der Waals surface area contributed by atoms with Gasteiger partial charge in [-0.2, -0.15) is 10.4 Å². The van der Waals surface area contributed by atoms with Gasteiger partial charge in [-0.3, -0.25) is 4.79 Å². The Labute approximate surface area is 174 Å². The van der Waals surface area contributed by atoms with Crippen molar-refractivity contribution < 1.29 is 5.11 Å². The third kappa shape index (κ3) is 5.99. The molecule has 0 saturated carbocycles. The van der Waals surface area contributed by atoms with Crippen molar-refractivity contribution in [2.75, 3.05) is 17.6 Å². The number of benzene rings is 1. The molecule has 1 unspecified atom stereocenters. The van der Waals surface area contributed by atoms with Crippen molar-refractivity contribution in [3.63, 3.8) is 0 Å². The second kappa shape index (κ2) is 11.1. The SMILES string of the molecule is CCCc1cc(C#N)ccc1SCC(O)CNc1cnn(CCC)c(=O)c1Cl. The molecule has 0 aliphatic heterocycles. The molecule has 1 aromatic carbocycles. The van der Waals surface area contributed by atoms with Crippen molar-refractivity contribution in [2.45, 2.75) is 50.7 Å². The highest BCUT2D eigenvalue weighted by molar-refractivity contribution is 7.99. The van der Waals surface area contributed by atoms with Gasteiger partial charge in [-0.1, -0.05) is 31.9 Å². The fraction of sp³-hybridized carbons (Fsp3) is 0.450. The second-order valence-corrected chi connectivity index (χ2v) is 7.87. The van der Waals surface area contributed by atoms with Crippen LogP contribution < -0.4 is 10.9 Å².